The van der Waals surface area contributed by atoms with Crippen LogP contribution in [0.15, 0.2) is 24.3 Å². The molecule has 1 aliphatic heterocycles. The normalized spacial score (nSPS) is 17.3. The predicted molar refractivity (Wildman–Crippen MR) is 62.7 cm³/mol. The second-order valence-corrected chi connectivity index (χ2v) is 4.53. The van der Waals surface area contributed by atoms with Gasteiger partial charge in [0.05, 0.1) is 0 Å². The van der Waals surface area contributed by atoms with Crippen molar-refractivity contribution >= 4 is 6.41 Å². The molecule has 2 rings (SSSR count). The lowest BCUT2D eigenvalue weighted by Crippen LogP contribution is -2.31. The molecule has 1 amide bonds. The van der Waals surface area contributed by atoms with Gasteiger partial charge in [-0.25, -0.2) is 0 Å². The summed E-state index contributed by atoms with van der Waals surface area (Å²) in [5.74, 6) is 0.0812. The van der Waals surface area contributed by atoms with E-state index in [1.165, 1.54) is 12.1 Å². The van der Waals surface area contributed by atoms with Crippen LogP contribution in [0.25, 0.3) is 0 Å². The van der Waals surface area contributed by atoms with Gasteiger partial charge in [-0.2, -0.15) is 0 Å². The zero-order valence-corrected chi connectivity index (χ0v) is 10.2. The Morgan fingerprint density at radius 1 is 1.16 bits per heavy atom. The lowest BCUT2D eigenvalue weighted by Gasteiger charge is -2.29. The van der Waals surface area contributed by atoms with Crippen molar-refractivity contribution in [2.24, 2.45) is 0 Å². The molecule has 1 aromatic carbocycles. The van der Waals surface area contributed by atoms with E-state index in [0.717, 1.165) is 24.8 Å². The molecule has 0 atom stereocenters. The zero-order valence-electron chi connectivity index (χ0n) is 10.2. The molecule has 0 unspecified atom stereocenters. The first-order chi connectivity index (χ1) is 8.98. The van der Waals surface area contributed by atoms with E-state index in [9.17, 15) is 18.0 Å². The van der Waals surface area contributed by atoms with Crippen LogP contribution in [0.1, 0.15) is 24.3 Å². The maximum Gasteiger partial charge on any atom is 0.573 e. The van der Waals surface area contributed by atoms with Gasteiger partial charge >= 0.3 is 6.36 Å². The van der Waals surface area contributed by atoms with Crippen LogP contribution in [0.4, 0.5) is 13.2 Å². The number of rotatable bonds is 3. The highest BCUT2D eigenvalue weighted by Crippen LogP contribution is 2.30. The molecule has 1 heterocycles. The molecule has 0 N–H and O–H groups in total. The highest BCUT2D eigenvalue weighted by Gasteiger charge is 2.31. The van der Waals surface area contributed by atoms with E-state index in [-0.39, 0.29) is 11.7 Å². The summed E-state index contributed by atoms with van der Waals surface area (Å²) < 4.78 is 39.9. The van der Waals surface area contributed by atoms with Gasteiger partial charge in [0.25, 0.3) is 0 Å². The first-order valence-electron chi connectivity index (χ1n) is 6.03. The van der Waals surface area contributed by atoms with Gasteiger partial charge in [0.2, 0.25) is 6.41 Å². The molecule has 0 aliphatic carbocycles. The number of benzene rings is 1. The fourth-order valence-electron chi connectivity index (χ4n) is 2.28. The van der Waals surface area contributed by atoms with E-state index < -0.39 is 6.36 Å². The summed E-state index contributed by atoms with van der Waals surface area (Å²) in [6.07, 6.45) is -2.16. The molecule has 0 spiro atoms. The zero-order chi connectivity index (χ0) is 13.9. The fourth-order valence-corrected chi connectivity index (χ4v) is 2.28. The molecule has 0 bridgehead atoms. The maximum atomic E-state index is 12.0. The fraction of sp³-hybridized carbons (Fsp3) is 0.462. The van der Waals surface area contributed by atoms with E-state index in [4.69, 9.17) is 0 Å². The van der Waals surface area contributed by atoms with Crippen molar-refractivity contribution in [1.29, 1.82) is 0 Å². The summed E-state index contributed by atoms with van der Waals surface area (Å²) >= 11 is 0. The van der Waals surface area contributed by atoms with Crippen molar-refractivity contribution in [3.05, 3.63) is 29.8 Å². The molecule has 1 saturated heterocycles. The van der Waals surface area contributed by atoms with Gasteiger partial charge in [0.1, 0.15) is 5.75 Å². The Labute approximate surface area is 109 Å². The van der Waals surface area contributed by atoms with Gasteiger partial charge in [0.15, 0.2) is 0 Å². The lowest BCUT2D eigenvalue weighted by molar-refractivity contribution is -0.274. The minimum atomic E-state index is -4.66. The molecule has 0 aromatic heterocycles. The summed E-state index contributed by atoms with van der Waals surface area (Å²) in [5.41, 5.74) is 0.986. The van der Waals surface area contributed by atoms with Gasteiger partial charge in [-0.05, 0) is 36.5 Å². The van der Waals surface area contributed by atoms with Crippen molar-refractivity contribution in [2.75, 3.05) is 13.1 Å². The second kappa shape index (κ2) is 5.50. The summed E-state index contributed by atoms with van der Waals surface area (Å²) in [6.45, 7) is 1.38. The molecule has 1 fully saturated rings. The number of likely N-dealkylation sites (tertiary alicyclic amines) is 1. The molecule has 0 radical (unpaired) electrons. The molecule has 1 aliphatic rings. The number of hydrogen-bond acceptors (Lipinski definition) is 2. The monoisotopic (exact) mass is 273 g/mol. The smallest absolute Gasteiger partial charge is 0.406 e. The number of piperidine rings is 1. The SMILES string of the molecule is O=CN1CCC(c2ccc(OC(F)(F)F)cc2)CC1. The quantitative estimate of drug-likeness (QED) is 0.792. The molecule has 1 aromatic rings. The first kappa shape index (κ1) is 13.7. The third-order valence-corrected chi connectivity index (χ3v) is 3.26. The third kappa shape index (κ3) is 3.87. The van der Waals surface area contributed by atoms with Gasteiger partial charge in [-0.3, -0.25) is 4.79 Å². The predicted octanol–water partition coefficient (Wildman–Crippen LogP) is 2.92. The van der Waals surface area contributed by atoms with Crippen molar-refractivity contribution < 1.29 is 22.7 Å². The molecule has 3 nitrogen and oxygen atoms in total. The summed E-state index contributed by atoms with van der Waals surface area (Å²) in [5, 5.41) is 0. The minimum absolute atomic E-state index is 0.207. The Bertz CT molecular complexity index is 423. The van der Waals surface area contributed by atoms with Crippen molar-refractivity contribution in [3.8, 4) is 5.75 Å². The highest BCUT2D eigenvalue weighted by atomic mass is 19.4. The topological polar surface area (TPSA) is 29.5 Å². The number of alkyl halides is 3. The van der Waals surface area contributed by atoms with Gasteiger partial charge in [-0.15, -0.1) is 13.2 Å². The van der Waals surface area contributed by atoms with Crippen LogP contribution in [0, 0.1) is 0 Å². The molecule has 0 saturated carbocycles. The van der Waals surface area contributed by atoms with Crippen molar-refractivity contribution in [2.45, 2.75) is 25.1 Å². The summed E-state index contributed by atoms with van der Waals surface area (Å²) in [6, 6.07) is 5.97. The van der Waals surface area contributed by atoms with Crippen molar-refractivity contribution in [1.82, 2.24) is 4.90 Å². The van der Waals surface area contributed by atoms with Crippen LogP contribution in [0.3, 0.4) is 0 Å². The standard InChI is InChI=1S/C13H14F3NO2/c14-13(15,16)19-12-3-1-10(2-4-12)11-5-7-17(9-18)8-6-11/h1-4,9,11H,5-8H2. The van der Waals surface area contributed by atoms with E-state index >= 15 is 0 Å². The largest absolute Gasteiger partial charge is 0.573 e. The van der Waals surface area contributed by atoms with Gasteiger partial charge in [0, 0.05) is 13.1 Å². The van der Waals surface area contributed by atoms with Crippen LogP contribution in [0.5, 0.6) is 5.75 Å². The minimum Gasteiger partial charge on any atom is -0.406 e. The number of carbonyl (C=O) groups excluding carboxylic acids is 1. The molecule has 6 heteroatoms. The Hall–Kier alpha value is -1.72. The van der Waals surface area contributed by atoms with Crippen LogP contribution in [-0.2, 0) is 4.79 Å². The Morgan fingerprint density at radius 2 is 1.74 bits per heavy atom. The van der Waals surface area contributed by atoms with Crippen LogP contribution >= 0.6 is 0 Å². The Balaban J connectivity index is 1.97. The van der Waals surface area contributed by atoms with Gasteiger partial charge < -0.3 is 9.64 Å². The second-order valence-electron chi connectivity index (χ2n) is 4.53. The first-order valence-corrected chi connectivity index (χ1v) is 6.03. The lowest BCUT2D eigenvalue weighted by atomic mass is 9.90. The van der Waals surface area contributed by atoms with E-state index in [0.29, 0.717) is 13.1 Å². The molecular formula is C13H14F3NO2. The van der Waals surface area contributed by atoms with E-state index in [1.807, 2.05) is 0 Å². The summed E-state index contributed by atoms with van der Waals surface area (Å²) in [4.78, 5) is 12.3. The molecule has 104 valence electrons. The van der Waals surface area contributed by atoms with E-state index in [1.54, 1.807) is 17.0 Å². The van der Waals surface area contributed by atoms with E-state index in [2.05, 4.69) is 4.74 Å². The maximum absolute atomic E-state index is 12.0. The average Bonchev–Trinajstić information content (AvgIpc) is 2.38. The van der Waals surface area contributed by atoms with Crippen LogP contribution in [0.2, 0.25) is 0 Å². The number of amides is 1. The van der Waals surface area contributed by atoms with Crippen LogP contribution < -0.4 is 4.74 Å². The number of carbonyl (C=O) groups is 1. The summed E-state index contributed by atoms with van der Waals surface area (Å²) in [7, 11) is 0. The Morgan fingerprint density at radius 3 is 2.21 bits per heavy atom. The number of ether oxygens (including phenoxy) is 1. The third-order valence-electron chi connectivity index (χ3n) is 3.26. The number of nitrogens with zero attached hydrogens (tertiary/aromatic N) is 1. The number of hydrogen-bond donors (Lipinski definition) is 0. The van der Waals surface area contributed by atoms with Crippen molar-refractivity contribution in [3.63, 3.8) is 0 Å². The molecule has 19 heavy (non-hydrogen) atoms. The number of halogens is 3. The molecular weight excluding hydrogens is 259 g/mol. The van der Waals surface area contributed by atoms with Gasteiger partial charge in [-0.1, -0.05) is 12.1 Å². The van der Waals surface area contributed by atoms with Crippen LogP contribution in [-0.4, -0.2) is 30.8 Å². The highest BCUT2D eigenvalue weighted by molar-refractivity contribution is 5.47. The Kier molecular flexibility index (Phi) is 3.97. The average molecular weight is 273 g/mol.